The summed E-state index contributed by atoms with van der Waals surface area (Å²) < 4.78 is 0. The lowest BCUT2D eigenvalue weighted by Gasteiger charge is -2.20. The van der Waals surface area contributed by atoms with E-state index >= 15 is 0 Å². The normalized spacial score (nSPS) is 9.50. The van der Waals surface area contributed by atoms with Gasteiger partial charge in [-0.1, -0.05) is 43.0 Å². The van der Waals surface area contributed by atoms with E-state index in [9.17, 15) is 4.79 Å². The van der Waals surface area contributed by atoms with Crippen LogP contribution in [0.5, 0.6) is 0 Å². The minimum Gasteiger partial charge on any atom is -0.335 e. The van der Waals surface area contributed by atoms with Gasteiger partial charge in [0.1, 0.15) is 0 Å². The lowest BCUT2D eigenvalue weighted by molar-refractivity contribution is -0.126. The molecule has 0 aliphatic heterocycles. The molecule has 0 aromatic heterocycles. The molecule has 0 atom stereocenters. The third-order valence-electron chi connectivity index (χ3n) is 2.31. The van der Waals surface area contributed by atoms with Gasteiger partial charge in [-0.2, -0.15) is 0 Å². The molecule has 0 radical (unpaired) electrons. The highest BCUT2D eigenvalue weighted by molar-refractivity contribution is 5.86. The third kappa shape index (κ3) is 3.73. The average molecular weight is 215 g/mol. The number of benzene rings is 1. The Balaban J connectivity index is 2.66. The highest BCUT2D eigenvalue weighted by Gasteiger charge is 2.09. The summed E-state index contributed by atoms with van der Waals surface area (Å²) in [6.07, 6.45) is 3.97. The molecule has 1 amide bonds. The van der Waals surface area contributed by atoms with Gasteiger partial charge in [0.05, 0.1) is 0 Å². The smallest absolute Gasteiger partial charge is 0.246 e. The molecular formula is C14H17NO. The van der Waals surface area contributed by atoms with Crippen LogP contribution in [0.2, 0.25) is 0 Å². The molecule has 0 heterocycles. The van der Waals surface area contributed by atoms with Crippen molar-refractivity contribution in [2.75, 3.05) is 6.54 Å². The van der Waals surface area contributed by atoms with Crippen molar-refractivity contribution in [3.05, 3.63) is 61.2 Å². The second-order valence-electron chi connectivity index (χ2n) is 3.53. The summed E-state index contributed by atoms with van der Waals surface area (Å²) in [7, 11) is 0. The zero-order chi connectivity index (χ0) is 11.8. The molecule has 2 nitrogen and oxygen atoms in total. The van der Waals surface area contributed by atoms with Crippen molar-refractivity contribution in [2.24, 2.45) is 0 Å². The Bertz CT molecular complexity index is 356. The van der Waals surface area contributed by atoms with Gasteiger partial charge >= 0.3 is 0 Å². The lowest BCUT2D eigenvalue weighted by Crippen LogP contribution is -2.29. The van der Waals surface area contributed by atoms with Crippen LogP contribution in [0.4, 0.5) is 0 Å². The van der Waals surface area contributed by atoms with Crippen LogP contribution >= 0.6 is 0 Å². The summed E-state index contributed by atoms with van der Waals surface area (Å²) in [4.78, 5) is 13.4. The van der Waals surface area contributed by atoms with E-state index in [0.29, 0.717) is 13.1 Å². The van der Waals surface area contributed by atoms with Crippen LogP contribution in [-0.2, 0) is 11.3 Å². The monoisotopic (exact) mass is 215 g/mol. The maximum Gasteiger partial charge on any atom is 0.246 e. The Kier molecular flexibility index (Phi) is 5.06. The van der Waals surface area contributed by atoms with Crippen LogP contribution in [0, 0.1) is 0 Å². The quantitative estimate of drug-likeness (QED) is 0.528. The fourth-order valence-electron chi connectivity index (χ4n) is 1.45. The molecule has 16 heavy (non-hydrogen) atoms. The molecule has 0 fully saturated rings. The topological polar surface area (TPSA) is 20.3 Å². The van der Waals surface area contributed by atoms with E-state index < -0.39 is 0 Å². The molecule has 0 bridgehead atoms. The van der Waals surface area contributed by atoms with Crippen molar-refractivity contribution in [2.45, 2.75) is 13.0 Å². The molecule has 1 aromatic carbocycles. The molecule has 0 aliphatic carbocycles. The number of rotatable bonds is 6. The lowest BCUT2D eigenvalue weighted by atomic mass is 10.2. The summed E-state index contributed by atoms with van der Waals surface area (Å²) in [5.74, 6) is -0.0364. The molecule has 0 saturated carbocycles. The van der Waals surface area contributed by atoms with Crippen molar-refractivity contribution in [1.82, 2.24) is 4.90 Å². The van der Waals surface area contributed by atoms with Crippen molar-refractivity contribution in [3.8, 4) is 0 Å². The summed E-state index contributed by atoms with van der Waals surface area (Å²) >= 11 is 0. The fraction of sp³-hybridized carbons (Fsp3) is 0.214. The van der Waals surface area contributed by atoms with Crippen LogP contribution in [0.25, 0.3) is 0 Å². The number of hydrogen-bond donors (Lipinski definition) is 0. The molecule has 0 aliphatic rings. The van der Waals surface area contributed by atoms with Crippen LogP contribution in [0.3, 0.4) is 0 Å². The Hall–Kier alpha value is -1.83. The molecule has 0 spiro atoms. The Morgan fingerprint density at radius 1 is 1.25 bits per heavy atom. The van der Waals surface area contributed by atoms with Gasteiger partial charge in [-0.15, -0.1) is 6.58 Å². The molecular weight excluding hydrogens is 198 g/mol. The maximum atomic E-state index is 11.6. The van der Waals surface area contributed by atoms with Gasteiger partial charge in [-0.3, -0.25) is 4.79 Å². The van der Waals surface area contributed by atoms with Gasteiger partial charge in [-0.25, -0.2) is 0 Å². The summed E-state index contributed by atoms with van der Waals surface area (Å²) in [6, 6.07) is 9.93. The van der Waals surface area contributed by atoms with Gasteiger partial charge in [0, 0.05) is 13.1 Å². The minimum atomic E-state index is -0.0364. The first-order chi connectivity index (χ1) is 7.77. The van der Waals surface area contributed by atoms with Crippen LogP contribution < -0.4 is 0 Å². The Morgan fingerprint density at radius 3 is 2.50 bits per heavy atom. The standard InChI is InChI=1S/C14H17NO/c1-3-5-11-15(14(16)4-2)12-13-9-7-6-8-10-13/h3-4,6-10H,1-2,5,11-12H2. The first kappa shape index (κ1) is 12.2. The molecule has 0 unspecified atom stereocenters. The second kappa shape index (κ2) is 6.62. The highest BCUT2D eigenvalue weighted by atomic mass is 16.2. The number of hydrogen-bond acceptors (Lipinski definition) is 1. The molecule has 2 heteroatoms. The van der Waals surface area contributed by atoms with Crippen molar-refractivity contribution in [3.63, 3.8) is 0 Å². The second-order valence-corrected chi connectivity index (χ2v) is 3.53. The van der Waals surface area contributed by atoms with Crippen molar-refractivity contribution >= 4 is 5.91 Å². The van der Waals surface area contributed by atoms with Gasteiger partial charge < -0.3 is 4.90 Å². The minimum absolute atomic E-state index is 0.0364. The summed E-state index contributed by atoms with van der Waals surface area (Å²) in [5.41, 5.74) is 1.13. The molecule has 0 saturated heterocycles. The van der Waals surface area contributed by atoms with E-state index in [2.05, 4.69) is 13.2 Å². The number of amides is 1. The van der Waals surface area contributed by atoms with Gasteiger partial charge in [0.25, 0.3) is 0 Å². The maximum absolute atomic E-state index is 11.6. The molecule has 1 rings (SSSR count). The number of carbonyl (C=O) groups is 1. The Morgan fingerprint density at radius 2 is 1.94 bits per heavy atom. The molecule has 84 valence electrons. The van der Waals surface area contributed by atoms with Crippen LogP contribution in [0.15, 0.2) is 55.6 Å². The first-order valence-electron chi connectivity index (χ1n) is 5.34. The average Bonchev–Trinajstić information content (AvgIpc) is 2.34. The zero-order valence-corrected chi connectivity index (χ0v) is 9.43. The number of nitrogens with zero attached hydrogens (tertiary/aromatic N) is 1. The van der Waals surface area contributed by atoms with E-state index in [-0.39, 0.29) is 5.91 Å². The fourth-order valence-corrected chi connectivity index (χ4v) is 1.45. The summed E-state index contributed by atoms with van der Waals surface area (Å²) in [5, 5.41) is 0. The van der Waals surface area contributed by atoms with Crippen LogP contribution in [0.1, 0.15) is 12.0 Å². The predicted molar refractivity (Wildman–Crippen MR) is 66.9 cm³/mol. The SMILES string of the molecule is C=CCCN(Cc1ccccc1)C(=O)C=C. The highest BCUT2D eigenvalue weighted by Crippen LogP contribution is 2.06. The zero-order valence-electron chi connectivity index (χ0n) is 9.43. The van der Waals surface area contributed by atoms with E-state index in [1.807, 2.05) is 36.4 Å². The van der Waals surface area contributed by atoms with Crippen molar-refractivity contribution in [1.29, 1.82) is 0 Å². The van der Waals surface area contributed by atoms with Gasteiger partial charge in [0.2, 0.25) is 5.91 Å². The van der Waals surface area contributed by atoms with Gasteiger partial charge in [0.15, 0.2) is 0 Å². The van der Waals surface area contributed by atoms with E-state index in [4.69, 9.17) is 0 Å². The molecule has 1 aromatic rings. The van der Waals surface area contributed by atoms with Crippen molar-refractivity contribution < 1.29 is 4.79 Å². The van der Waals surface area contributed by atoms with E-state index in [1.165, 1.54) is 6.08 Å². The summed E-state index contributed by atoms with van der Waals surface area (Å²) in [6.45, 7) is 8.48. The Labute approximate surface area is 96.9 Å². The third-order valence-corrected chi connectivity index (χ3v) is 2.31. The van der Waals surface area contributed by atoms with Crippen LogP contribution in [-0.4, -0.2) is 17.4 Å². The first-order valence-corrected chi connectivity index (χ1v) is 5.34. The van der Waals surface area contributed by atoms with E-state index in [1.54, 1.807) is 4.90 Å². The number of carbonyl (C=O) groups excluding carboxylic acids is 1. The predicted octanol–water partition coefficient (Wildman–Crippen LogP) is 2.78. The molecule has 0 N–H and O–H groups in total. The van der Waals surface area contributed by atoms with Gasteiger partial charge in [-0.05, 0) is 18.1 Å². The van der Waals surface area contributed by atoms with E-state index in [0.717, 1.165) is 12.0 Å². The largest absolute Gasteiger partial charge is 0.335 e.